The van der Waals surface area contributed by atoms with Crippen LogP contribution in [0.25, 0.3) is 0 Å². The zero-order valence-electron chi connectivity index (χ0n) is 11.4. The van der Waals surface area contributed by atoms with Crippen molar-refractivity contribution in [1.29, 1.82) is 0 Å². The number of carboxylic acid groups (broad SMARTS) is 1. The van der Waals surface area contributed by atoms with Gasteiger partial charge >= 0.3 is 5.97 Å². The van der Waals surface area contributed by atoms with Gasteiger partial charge in [0.1, 0.15) is 11.9 Å². The van der Waals surface area contributed by atoms with Crippen molar-refractivity contribution in [3.63, 3.8) is 0 Å². The fraction of sp³-hybridized carbons (Fsp3) is 0.500. The van der Waals surface area contributed by atoms with Gasteiger partial charge in [-0.2, -0.15) is 0 Å². The molecule has 0 amide bonds. The van der Waals surface area contributed by atoms with Gasteiger partial charge in [0.15, 0.2) is 0 Å². The van der Waals surface area contributed by atoms with E-state index in [1.54, 1.807) is 18.2 Å². The minimum atomic E-state index is -0.949. The lowest BCUT2D eigenvalue weighted by molar-refractivity contribution is -0.138. The Morgan fingerprint density at radius 3 is 2.90 bits per heavy atom. The maximum Gasteiger partial charge on any atom is 0.312 e. The first-order chi connectivity index (χ1) is 9.51. The second kappa shape index (κ2) is 6.43. The molecular formula is C14H19ClN2O3. The zero-order chi connectivity index (χ0) is 14.7. The Hall–Kier alpha value is -1.30. The van der Waals surface area contributed by atoms with Crippen molar-refractivity contribution in [2.75, 3.05) is 26.7 Å². The molecule has 1 saturated heterocycles. The first-order valence-corrected chi connectivity index (χ1v) is 6.96. The molecule has 2 rings (SSSR count). The molecule has 20 heavy (non-hydrogen) atoms. The molecule has 1 heterocycles. The van der Waals surface area contributed by atoms with Crippen LogP contribution in [0.3, 0.4) is 0 Å². The van der Waals surface area contributed by atoms with E-state index in [1.165, 1.54) is 0 Å². The van der Waals surface area contributed by atoms with E-state index in [4.69, 9.17) is 27.2 Å². The zero-order valence-corrected chi connectivity index (χ0v) is 12.1. The van der Waals surface area contributed by atoms with Crippen LogP contribution in [0.15, 0.2) is 18.2 Å². The predicted octanol–water partition coefficient (Wildman–Crippen LogP) is 1.55. The second-order valence-electron chi connectivity index (χ2n) is 5.11. The third-order valence-electron chi connectivity index (χ3n) is 3.53. The maximum absolute atomic E-state index is 11.1. The van der Waals surface area contributed by atoms with E-state index < -0.39 is 11.9 Å². The number of hydrogen-bond donors (Lipinski definition) is 2. The Morgan fingerprint density at radius 1 is 1.65 bits per heavy atom. The molecule has 1 fully saturated rings. The lowest BCUT2D eigenvalue weighted by Crippen LogP contribution is -2.22. The summed E-state index contributed by atoms with van der Waals surface area (Å²) in [5.41, 5.74) is 6.08. The van der Waals surface area contributed by atoms with Gasteiger partial charge in [0.2, 0.25) is 0 Å². The Labute approximate surface area is 123 Å². The van der Waals surface area contributed by atoms with Crippen molar-refractivity contribution in [1.82, 2.24) is 4.90 Å². The van der Waals surface area contributed by atoms with Crippen LogP contribution in [-0.4, -0.2) is 48.8 Å². The SMILES string of the molecule is CN1CCC(Oc2ccc(C(CN)C(=O)O)cc2Cl)C1. The van der Waals surface area contributed by atoms with Gasteiger partial charge < -0.3 is 20.5 Å². The average molecular weight is 299 g/mol. The van der Waals surface area contributed by atoms with E-state index in [2.05, 4.69) is 4.90 Å². The third kappa shape index (κ3) is 3.42. The monoisotopic (exact) mass is 298 g/mol. The van der Waals surface area contributed by atoms with Crippen molar-refractivity contribution in [2.24, 2.45) is 5.73 Å². The summed E-state index contributed by atoms with van der Waals surface area (Å²) in [6.45, 7) is 1.92. The van der Waals surface area contributed by atoms with E-state index >= 15 is 0 Å². The van der Waals surface area contributed by atoms with Crippen molar-refractivity contribution < 1.29 is 14.6 Å². The number of halogens is 1. The molecule has 3 N–H and O–H groups in total. The number of aliphatic carboxylic acids is 1. The van der Waals surface area contributed by atoms with Crippen molar-refractivity contribution >= 4 is 17.6 Å². The Bertz CT molecular complexity index is 495. The van der Waals surface area contributed by atoms with Crippen LogP contribution in [0.4, 0.5) is 0 Å². The maximum atomic E-state index is 11.1. The van der Waals surface area contributed by atoms with E-state index in [-0.39, 0.29) is 12.6 Å². The van der Waals surface area contributed by atoms with E-state index in [9.17, 15) is 4.79 Å². The summed E-state index contributed by atoms with van der Waals surface area (Å²) < 4.78 is 5.85. The van der Waals surface area contributed by atoms with E-state index in [1.807, 2.05) is 7.05 Å². The van der Waals surface area contributed by atoms with Crippen LogP contribution in [0.5, 0.6) is 5.75 Å². The summed E-state index contributed by atoms with van der Waals surface area (Å²) in [6, 6.07) is 5.06. The molecule has 5 nitrogen and oxygen atoms in total. The minimum Gasteiger partial charge on any atom is -0.487 e. The number of nitrogens with two attached hydrogens (primary N) is 1. The lowest BCUT2D eigenvalue weighted by Gasteiger charge is -2.17. The van der Waals surface area contributed by atoms with Crippen molar-refractivity contribution in [2.45, 2.75) is 18.4 Å². The summed E-state index contributed by atoms with van der Waals surface area (Å²) >= 11 is 6.18. The Balaban J connectivity index is 2.11. The number of likely N-dealkylation sites (tertiary alicyclic amines) is 1. The van der Waals surface area contributed by atoms with Crippen LogP contribution >= 0.6 is 11.6 Å². The van der Waals surface area contributed by atoms with Crippen LogP contribution in [0, 0.1) is 0 Å². The first-order valence-electron chi connectivity index (χ1n) is 6.58. The van der Waals surface area contributed by atoms with E-state index in [0.29, 0.717) is 16.3 Å². The fourth-order valence-electron chi connectivity index (χ4n) is 2.38. The molecule has 1 aromatic carbocycles. The van der Waals surface area contributed by atoms with Gasteiger partial charge in [-0.25, -0.2) is 0 Å². The van der Waals surface area contributed by atoms with Crippen LogP contribution in [-0.2, 0) is 4.79 Å². The highest BCUT2D eigenvalue weighted by Crippen LogP contribution is 2.30. The summed E-state index contributed by atoms with van der Waals surface area (Å²) in [5.74, 6) is -1.09. The highest BCUT2D eigenvalue weighted by atomic mass is 35.5. The van der Waals surface area contributed by atoms with Gasteiger partial charge in [-0.05, 0) is 31.2 Å². The number of benzene rings is 1. The highest BCUT2D eigenvalue weighted by Gasteiger charge is 2.23. The Kier molecular flexibility index (Phi) is 4.86. The molecule has 0 spiro atoms. The summed E-state index contributed by atoms with van der Waals surface area (Å²) in [6.07, 6.45) is 1.10. The summed E-state index contributed by atoms with van der Waals surface area (Å²) in [4.78, 5) is 13.3. The molecule has 1 aliphatic rings. The predicted molar refractivity (Wildman–Crippen MR) is 77.4 cm³/mol. The highest BCUT2D eigenvalue weighted by molar-refractivity contribution is 6.32. The van der Waals surface area contributed by atoms with Crippen molar-refractivity contribution in [3.05, 3.63) is 28.8 Å². The molecule has 0 bridgehead atoms. The molecular weight excluding hydrogens is 280 g/mol. The number of nitrogens with zero attached hydrogens (tertiary/aromatic N) is 1. The topological polar surface area (TPSA) is 75.8 Å². The number of carbonyl (C=O) groups is 1. The van der Waals surface area contributed by atoms with E-state index in [0.717, 1.165) is 19.5 Å². The van der Waals surface area contributed by atoms with Crippen LogP contribution in [0.2, 0.25) is 5.02 Å². The van der Waals surface area contributed by atoms with Gasteiger partial charge in [-0.3, -0.25) is 4.79 Å². The molecule has 2 unspecified atom stereocenters. The fourth-order valence-corrected chi connectivity index (χ4v) is 2.61. The Morgan fingerprint density at radius 2 is 2.40 bits per heavy atom. The lowest BCUT2D eigenvalue weighted by atomic mass is 9.99. The second-order valence-corrected chi connectivity index (χ2v) is 5.51. The standard InChI is InChI=1S/C14H19ClN2O3/c1-17-5-4-10(8-17)20-13-3-2-9(6-12(13)15)11(7-16)14(18)19/h2-3,6,10-11H,4-5,7-8,16H2,1H3,(H,18,19). The van der Waals surface area contributed by atoms with Crippen LogP contribution < -0.4 is 10.5 Å². The van der Waals surface area contributed by atoms with Gasteiger partial charge in [0.05, 0.1) is 10.9 Å². The van der Waals surface area contributed by atoms with Gasteiger partial charge in [0.25, 0.3) is 0 Å². The molecule has 6 heteroatoms. The van der Waals surface area contributed by atoms with Gasteiger partial charge in [-0.15, -0.1) is 0 Å². The molecule has 0 saturated carbocycles. The molecule has 110 valence electrons. The van der Waals surface area contributed by atoms with Crippen LogP contribution in [0.1, 0.15) is 17.9 Å². The number of ether oxygens (including phenoxy) is 1. The van der Waals surface area contributed by atoms with Crippen molar-refractivity contribution in [3.8, 4) is 5.75 Å². The molecule has 0 aromatic heterocycles. The quantitative estimate of drug-likeness (QED) is 0.862. The first kappa shape index (κ1) is 15.1. The minimum absolute atomic E-state index is 0.0410. The van der Waals surface area contributed by atoms with Gasteiger partial charge in [0, 0.05) is 19.6 Å². The number of likely N-dealkylation sites (N-methyl/N-ethyl adjacent to an activating group) is 1. The number of hydrogen-bond acceptors (Lipinski definition) is 4. The number of carboxylic acids is 1. The molecule has 1 aliphatic heterocycles. The third-order valence-corrected chi connectivity index (χ3v) is 3.83. The van der Waals surface area contributed by atoms with Gasteiger partial charge in [-0.1, -0.05) is 17.7 Å². The number of rotatable bonds is 5. The molecule has 2 atom stereocenters. The molecule has 1 aromatic rings. The normalized spacial score (nSPS) is 20.9. The molecule has 0 aliphatic carbocycles. The summed E-state index contributed by atoms with van der Waals surface area (Å²) in [5, 5.41) is 9.51. The molecule has 0 radical (unpaired) electrons. The smallest absolute Gasteiger partial charge is 0.312 e. The average Bonchev–Trinajstić information content (AvgIpc) is 2.78. The largest absolute Gasteiger partial charge is 0.487 e. The summed E-state index contributed by atoms with van der Waals surface area (Å²) in [7, 11) is 2.05.